The quantitative estimate of drug-likeness (QED) is 0.150. The number of benzene rings is 12. The van der Waals surface area contributed by atoms with Crippen molar-refractivity contribution < 1.29 is 0 Å². The third-order valence-electron chi connectivity index (χ3n) is 13.5. The number of aromatic nitrogens is 3. The van der Waals surface area contributed by atoms with Gasteiger partial charge < -0.3 is 0 Å². The topological polar surface area (TPSA) is 38.7 Å². The first-order chi connectivity index (χ1) is 33.6. The normalized spacial score (nSPS) is 11.5. The minimum absolute atomic E-state index is 0.626. The Morgan fingerprint density at radius 1 is 0.176 bits per heavy atom. The van der Waals surface area contributed by atoms with E-state index in [9.17, 15) is 0 Å². The lowest BCUT2D eigenvalue weighted by atomic mass is 9.92. The monoisotopic (exact) mass is 863 g/mol. The Morgan fingerprint density at radius 3 is 1.24 bits per heavy atom. The summed E-state index contributed by atoms with van der Waals surface area (Å²) in [4.78, 5) is 15.6. The van der Waals surface area contributed by atoms with E-state index in [-0.39, 0.29) is 0 Å². The molecule has 3 heteroatoms. The van der Waals surface area contributed by atoms with Crippen LogP contribution in [-0.2, 0) is 0 Å². The van der Waals surface area contributed by atoms with Gasteiger partial charge in [-0.1, -0.05) is 218 Å². The molecule has 68 heavy (non-hydrogen) atoms. The highest BCUT2D eigenvalue weighted by molar-refractivity contribution is 6.14. The van der Waals surface area contributed by atoms with E-state index < -0.39 is 0 Å². The van der Waals surface area contributed by atoms with Crippen LogP contribution in [0.25, 0.3) is 133 Å². The molecule has 1 aromatic heterocycles. The fourth-order valence-corrected chi connectivity index (χ4v) is 9.93. The molecule has 12 aromatic carbocycles. The summed E-state index contributed by atoms with van der Waals surface area (Å²) in [6, 6.07) is 89.1. The summed E-state index contributed by atoms with van der Waals surface area (Å²) in [6.45, 7) is 0. The maximum Gasteiger partial charge on any atom is 0.164 e. The van der Waals surface area contributed by atoms with Gasteiger partial charge in [0.2, 0.25) is 0 Å². The van der Waals surface area contributed by atoms with E-state index in [1.54, 1.807) is 0 Å². The van der Waals surface area contributed by atoms with Gasteiger partial charge in [0.15, 0.2) is 17.5 Å². The minimum atomic E-state index is 0.626. The van der Waals surface area contributed by atoms with Crippen molar-refractivity contribution in [2.75, 3.05) is 0 Å². The van der Waals surface area contributed by atoms with Crippen molar-refractivity contribution >= 4 is 53.9 Å². The summed E-state index contributed by atoms with van der Waals surface area (Å²) < 4.78 is 0. The van der Waals surface area contributed by atoms with E-state index >= 15 is 0 Å². The summed E-state index contributed by atoms with van der Waals surface area (Å²) in [7, 11) is 0. The summed E-state index contributed by atoms with van der Waals surface area (Å²) in [5.74, 6) is 1.89. The molecule has 0 radical (unpaired) electrons. The Bertz CT molecular complexity index is 4060. The summed E-state index contributed by atoms with van der Waals surface area (Å²) in [6.07, 6.45) is 0. The van der Waals surface area contributed by atoms with Crippen LogP contribution in [0.2, 0.25) is 0 Å². The molecule has 1 heterocycles. The molecule has 0 atom stereocenters. The van der Waals surface area contributed by atoms with Crippen molar-refractivity contribution in [3.63, 3.8) is 0 Å². The molecular weight excluding hydrogens is 823 g/mol. The highest BCUT2D eigenvalue weighted by atomic mass is 15.0. The third kappa shape index (κ3) is 7.15. The molecule has 0 N–H and O–H groups in total. The van der Waals surface area contributed by atoms with Crippen molar-refractivity contribution in [1.82, 2.24) is 15.0 Å². The molecule has 0 saturated carbocycles. The number of nitrogens with zero attached hydrogens (tertiary/aromatic N) is 3. The molecule has 0 aliphatic heterocycles. The first kappa shape index (κ1) is 39.3. The van der Waals surface area contributed by atoms with Gasteiger partial charge in [-0.15, -0.1) is 0 Å². The average molecular weight is 864 g/mol. The number of hydrogen-bond donors (Lipinski definition) is 0. The van der Waals surface area contributed by atoms with E-state index in [2.05, 4.69) is 249 Å². The molecule has 0 aliphatic rings. The zero-order valence-corrected chi connectivity index (χ0v) is 37.0. The van der Waals surface area contributed by atoms with E-state index in [4.69, 9.17) is 15.0 Å². The lowest BCUT2D eigenvalue weighted by molar-refractivity contribution is 1.08. The van der Waals surface area contributed by atoms with Crippen molar-refractivity contribution in [2.24, 2.45) is 0 Å². The first-order valence-corrected chi connectivity index (χ1v) is 23.2. The van der Waals surface area contributed by atoms with E-state index in [1.165, 1.54) is 65.7 Å². The van der Waals surface area contributed by atoms with Crippen LogP contribution in [0.5, 0.6) is 0 Å². The zero-order valence-electron chi connectivity index (χ0n) is 37.0. The molecule has 13 rings (SSSR count). The van der Waals surface area contributed by atoms with Crippen molar-refractivity contribution in [3.8, 4) is 78.7 Å². The van der Waals surface area contributed by atoms with Crippen LogP contribution in [0.1, 0.15) is 0 Å². The first-order valence-electron chi connectivity index (χ1n) is 23.2. The molecular formula is C65H41N3. The molecule has 316 valence electrons. The molecule has 13 aromatic rings. The summed E-state index contributed by atoms with van der Waals surface area (Å²) in [5.41, 5.74) is 12.3. The predicted molar refractivity (Wildman–Crippen MR) is 285 cm³/mol. The second-order valence-electron chi connectivity index (χ2n) is 17.6. The molecule has 0 amide bonds. The fourth-order valence-electron chi connectivity index (χ4n) is 9.93. The van der Waals surface area contributed by atoms with Crippen LogP contribution >= 0.6 is 0 Å². The van der Waals surface area contributed by atoms with Gasteiger partial charge in [-0.05, 0) is 129 Å². The standard InChI is InChI=1S/C65H41N3/c1-2-11-42(12-3-1)48-29-30-51-39-55(35-32-49(51)37-48)64-66-63(47-27-23-44(24-28-47)43-21-25-46(26-22-43)58-20-10-15-45-13-4-6-16-57(45)58)67-65(68-64)56-36-33-50-38-54(34-31-52(50)40-56)62-41-53-14-5-7-17-59(53)60-18-8-9-19-61(60)62/h1-41H. The lowest BCUT2D eigenvalue weighted by Gasteiger charge is -2.13. The van der Waals surface area contributed by atoms with Crippen molar-refractivity contribution in [1.29, 1.82) is 0 Å². The molecule has 0 spiro atoms. The van der Waals surface area contributed by atoms with Crippen LogP contribution in [0.15, 0.2) is 249 Å². The molecule has 0 unspecified atom stereocenters. The van der Waals surface area contributed by atoms with Crippen LogP contribution in [0.4, 0.5) is 0 Å². The number of hydrogen-bond acceptors (Lipinski definition) is 3. The molecule has 0 aliphatic carbocycles. The number of rotatable bonds is 7. The van der Waals surface area contributed by atoms with E-state index in [0.29, 0.717) is 17.5 Å². The molecule has 0 fully saturated rings. The van der Waals surface area contributed by atoms with Crippen LogP contribution < -0.4 is 0 Å². The van der Waals surface area contributed by atoms with Gasteiger partial charge in [-0.3, -0.25) is 0 Å². The smallest absolute Gasteiger partial charge is 0.164 e. The average Bonchev–Trinajstić information content (AvgIpc) is 3.42. The minimum Gasteiger partial charge on any atom is -0.208 e. The van der Waals surface area contributed by atoms with Gasteiger partial charge >= 0.3 is 0 Å². The summed E-state index contributed by atoms with van der Waals surface area (Å²) >= 11 is 0. The Balaban J connectivity index is 0.876. The predicted octanol–water partition coefficient (Wildman–Crippen LogP) is 17.3. The maximum absolute atomic E-state index is 5.20. The third-order valence-corrected chi connectivity index (χ3v) is 13.5. The Hall–Kier alpha value is -9.05. The van der Waals surface area contributed by atoms with Crippen molar-refractivity contribution in [2.45, 2.75) is 0 Å². The maximum atomic E-state index is 5.20. The highest BCUT2D eigenvalue weighted by Crippen LogP contribution is 2.38. The van der Waals surface area contributed by atoms with E-state index in [1.807, 2.05) is 0 Å². The van der Waals surface area contributed by atoms with Crippen molar-refractivity contribution in [3.05, 3.63) is 249 Å². The zero-order chi connectivity index (χ0) is 45.0. The van der Waals surface area contributed by atoms with Gasteiger partial charge in [0.05, 0.1) is 0 Å². The number of fused-ring (bicyclic) bond motifs is 6. The van der Waals surface area contributed by atoms with Gasteiger partial charge in [0.1, 0.15) is 0 Å². The van der Waals surface area contributed by atoms with Gasteiger partial charge in [-0.25, -0.2) is 15.0 Å². The van der Waals surface area contributed by atoms with Crippen LogP contribution in [0, 0.1) is 0 Å². The molecule has 0 bridgehead atoms. The largest absolute Gasteiger partial charge is 0.208 e. The summed E-state index contributed by atoms with van der Waals surface area (Å²) in [5, 5.41) is 12.1. The van der Waals surface area contributed by atoms with Crippen LogP contribution in [0.3, 0.4) is 0 Å². The SMILES string of the molecule is c1ccc(-c2ccc3cc(-c4nc(-c5ccc(-c6ccc(-c7cccc8ccccc78)cc6)cc5)nc(-c5ccc6cc(-c7cc8ccccc8c8ccccc78)ccc6c5)n4)ccc3c2)cc1. The van der Waals surface area contributed by atoms with Gasteiger partial charge in [0, 0.05) is 16.7 Å². The Morgan fingerprint density at radius 2 is 0.588 bits per heavy atom. The second kappa shape index (κ2) is 16.4. The molecule has 0 saturated heterocycles. The fraction of sp³-hybridized carbons (Fsp3) is 0. The van der Waals surface area contributed by atoms with E-state index in [0.717, 1.165) is 49.4 Å². The van der Waals surface area contributed by atoms with Gasteiger partial charge in [-0.2, -0.15) is 0 Å². The van der Waals surface area contributed by atoms with Gasteiger partial charge in [0.25, 0.3) is 0 Å². The molecule has 3 nitrogen and oxygen atoms in total. The Kier molecular flexibility index (Phi) is 9.50. The second-order valence-corrected chi connectivity index (χ2v) is 17.6. The van der Waals surface area contributed by atoms with Crippen LogP contribution in [-0.4, -0.2) is 15.0 Å². The lowest BCUT2D eigenvalue weighted by Crippen LogP contribution is -2.00. The highest BCUT2D eigenvalue weighted by Gasteiger charge is 2.16. The Labute approximate surface area is 394 Å².